The third-order valence-electron chi connectivity index (χ3n) is 2.99. The molecule has 0 aliphatic heterocycles. The molecule has 4 nitrogen and oxygen atoms in total. The van der Waals surface area contributed by atoms with Gasteiger partial charge >= 0.3 is 0 Å². The van der Waals surface area contributed by atoms with Crippen LogP contribution in [0.1, 0.15) is 12.5 Å². The molecule has 0 heterocycles. The van der Waals surface area contributed by atoms with Crippen LogP contribution in [0.25, 0.3) is 0 Å². The molecule has 116 valence electrons. The van der Waals surface area contributed by atoms with Gasteiger partial charge in [0.25, 0.3) is 0 Å². The Morgan fingerprint density at radius 3 is 2.45 bits per heavy atom. The Balaban J connectivity index is 1.84. The number of anilines is 1. The number of hydrogen-bond acceptors (Lipinski definition) is 2. The van der Waals surface area contributed by atoms with Gasteiger partial charge in [-0.3, -0.25) is 0 Å². The molecule has 0 aromatic heterocycles. The fourth-order valence-electron chi connectivity index (χ4n) is 1.83. The third kappa shape index (κ3) is 5.09. The average molecular weight is 301 g/mol. The molecule has 0 spiro atoms. The summed E-state index contributed by atoms with van der Waals surface area (Å²) in [5.74, 6) is 0.650. The lowest BCUT2D eigenvalue weighted by Gasteiger charge is -2.13. The predicted octanol–water partition coefficient (Wildman–Crippen LogP) is 3.33. The molecule has 0 aliphatic rings. The van der Waals surface area contributed by atoms with Crippen molar-refractivity contribution in [2.45, 2.75) is 20.0 Å². The first-order valence-corrected chi connectivity index (χ1v) is 7.09. The number of halogens is 1. The number of guanidine groups is 1. The van der Waals surface area contributed by atoms with Crippen LogP contribution in [-0.4, -0.2) is 18.6 Å². The number of nitrogens with one attached hydrogen (secondary N) is 1. The van der Waals surface area contributed by atoms with E-state index in [1.54, 1.807) is 12.1 Å². The molecule has 0 bridgehead atoms. The van der Waals surface area contributed by atoms with Gasteiger partial charge in [-0.15, -0.1) is 0 Å². The number of rotatable bonds is 5. The van der Waals surface area contributed by atoms with Crippen LogP contribution in [0.15, 0.2) is 53.5 Å². The standard InChI is InChI=1S/C17H20FN3O/c1-12-3-7-15(8-4-12)21-17(19)20-11-13(2)22-16-9-5-14(18)6-10-16/h3-10,13H,11H2,1-2H3,(H3,19,20,21). The quantitative estimate of drug-likeness (QED) is 0.658. The van der Waals surface area contributed by atoms with E-state index in [0.29, 0.717) is 18.3 Å². The Hall–Kier alpha value is -2.56. The molecular formula is C17H20FN3O. The zero-order chi connectivity index (χ0) is 15.9. The van der Waals surface area contributed by atoms with E-state index in [1.807, 2.05) is 38.1 Å². The van der Waals surface area contributed by atoms with Crippen molar-refractivity contribution in [2.24, 2.45) is 10.7 Å². The second-order valence-electron chi connectivity index (χ2n) is 5.10. The maximum atomic E-state index is 12.8. The second-order valence-corrected chi connectivity index (χ2v) is 5.10. The maximum Gasteiger partial charge on any atom is 0.193 e. The van der Waals surface area contributed by atoms with E-state index < -0.39 is 0 Å². The highest BCUT2D eigenvalue weighted by molar-refractivity contribution is 5.92. The van der Waals surface area contributed by atoms with Crippen molar-refractivity contribution in [2.75, 3.05) is 11.9 Å². The van der Waals surface area contributed by atoms with Crippen LogP contribution < -0.4 is 15.8 Å². The Labute approximate surface area is 129 Å². The van der Waals surface area contributed by atoms with Gasteiger partial charge in [0.05, 0.1) is 6.54 Å². The van der Waals surface area contributed by atoms with Crippen LogP contribution in [0.3, 0.4) is 0 Å². The Kier molecular flexibility index (Phi) is 5.36. The first-order valence-electron chi connectivity index (χ1n) is 7.09. The van der Waals surface area contributed by atoms with Crippen molar-refractivity contribution in [1.29, 1.82) is 0 Å². The van der Waals surface area contributed by atoms with Crippen molar-refractivity contribution in [3.05, 3.63) is 59.9 Å². The molecule has 22 heavy (non-hydrogen) atoms. The SMILES string of the molecule is Cc1ccc(NC(N)=NCC(C)Oc2ccc(F)cc2)cc1. The summed E-state index contributed by atoms with van der Waals surface area (Å²) in [4.78, 5) is 4.24. The molecule has 3 N–H and O–H groups in total. The van der Waals surface area contributed by atoms with E-state index in [9.17, 15) is 4.39 Å². The van der Waals surface area contributed by atoms with Gasteiger partial charge in [0.15, 0.2) is 5.96 Å². The predicted molar refractivity (Wildman–Crippen MR) is 87.8 cm³/mol. The minimum atomic E-state index is -0.287. The number of ether oxygens (including phenoxy) is 1. The van der Waals surface area contributed by atoms with Crippen molar-refractivity contribution >= 4 is 11.6 Å². The number of benzene rings is 2. The Morgan fingerprint density at radius 2 is 1.82 bits per heavy atom. The van der Waals surface area contributed by atoms with E-state index in [2.05, 4.69) is 10.3 Å². The molecule has 0 saturated heterocycles. The van der Waals surface area contributed by atoms with E-state index in [-0.39, 0.29) is 11.9 Å². The molecule has 0 aliphatic carbocycles. The lowest BCUT2D eigenvalue weighted by molar-refractivity contribution is 0.230. The van der Waals surface area contributed by atoms with Crippen LogP contribution in [0.2, 0.25) is 0 Å². The maximum absolute atomic E-state index is 12.8. The van der Waals surface area contributed by atoms with Gasteiger partial charge in [0.1, 0.15) is 17.7 Å². The Morgan fingerprint density at radius 1 is 1.18 bits per heavy atom. The lowest BCUT2D eigenvalue weighted by atomic mass is 10.2. The van der Waals surface area contributed by atoms with Gasteiger partial charge in [-0.2, -0.15) is 0 Å². The molecule has 0 amide bonds. The van der Waals surface area contributed by atoms with Crippen molar-refractivity contribution < 1.29 is 9.13 Å². The van der Waals surface area contributed by atoms with E-state index >= 15 is 0 Å². The number of aliphatic imine (C=N–C) groups is 1. The number of hydrogen-bond donors (Lipinski definition) is 2. The molecule has 1 unspecified atom stereocenters. The molecule has 1 atom stereocenters. The van der Waals surface area contributed by atoms with Crippen LogP contribution in [0.4, 0.5) is 10.1 Å². The minimum absolute atomic E-state index is 0.163. The third-order valence-corrected chi connectivity index (χ3v) is 2.99. The van der Waals surface area contributed by atoms with Gasteiger partial charge in [-0.1, -0.05) is 17.7 Å². The topological polar surface area (TPSA) is 59.6 Å². The zero-order valence-electron chi connectivity index (χ0n) is 12.7. The normalized spacial score (nSPS) is 12.8. The van der Waals surface area contributed by atoms with Crippen LogP contribution >= 0.6 is 0 Å². The Bertz CT molecular complexity index is 623. The van der Waals surface area contributed by atoms with Gasteiger partial charge in [-0.25, -0.2) is 9.38 Å². The largest absolute Gasteiger partial charge is 0.489 e. The average Bonchev–Trinajstić information content (AvgIpc) is 2.50. The molecular weight excluding hydrogens is 281 g/mol. The number of aryl methyl sites for hydroxylation is 1. The summed E-state index contributed by atoms with van der Waals surface area (Å²) in [7, 11) is 0. The van der Waals surface area contributed by atoms with E-state index in [0.717, 1.165) is 5.69 Å². The molecule has 0 saturated carbocycles. The summed E-state index contributed by atoms with van der Waals surface area (Å²) in [6.07, 6.45) is -0.163. The smallest absolute Gasteiger partial charge is 0.193 e. The monoisotopic (exact) mass is 301 g/mol. The molecule has 2 aromatic rings. The van der Waals surface area contributed by atoms with Crippen LogP contribution in [0.5, 0.6) is 5.75 Å². The summed E-state index contributed by atoms with van der Waals surface area (Å²) < 4.78 is 18.4. The zero-order valence-corrected chi connectivity index (χ0v) is 12.7. The van der Waals surface area contributed by atoms with Crippen molar-refractivity contribution in [3.8, 4) is 5.75 Å². The number of nitrogens with zero attached hydrogens (tertiary/aromatic N) is 1. The molecule has 0 radical (unpaired) electrons. The minimum Gasteiger partial charge on any atom is -0.489 e. The summed E-state index contributed by atoms with van der Waals surface area (Å²) in [5.41, 5.74) is 7.91. The summed E-state index contributed by atoms with van der Waals surface area (Å²) in [6.45, 7) is 4.31. The highest BCUT2D eigenvalue weighted by Crippen LogP contribution is 2.13. The van der Waals surface area contributed by atoms with Crippen molar-refractivity contribution in [3.63, 3.8) is 0 Å². The van der Waals surface area contributed by atoms with Gasteiger partial charge < -0.3 is 15.8 Å². The lowest BCUT2D eigenvalue weighted by Crippen LogP contribution is -2.25. The van der Waals surface area contributed by atoms with E-state index in [4.69, 9.17) is 10.5 Å². The molecule has 0 fully saturated rings. The van der Waals surface area contributed by atoms with Gasteiger partial charge in [0.2, 0.25) is 0 Å². The summed E-state index contributed by atoms with van der Waals surface area (Å²) in [5, 5.41) is 3.02. The number of nitrogens with two attached hydrogens (primary N) is 1. The summed E-state index contributed by atoms with van der Waals surface area (Å²) in [6, 6.07) is 13.8. The van der Waals surface area contributed by atoms with Crippen LogP contribution in [0, 0.1) is 12.7 Å². The molecule has 5 heteroatoms. The fourth-order valence-corrected chi connectivity index (χ4v) is 1.83. The molecule has 2 rings (SSSR count). The highest BCUT2D eigenvalue weighted by Gasteiger charge is 2.04. The van der Waals surface area contributed by atoms with E-state index in [1.165, 1.54) is 17.7 Å². The second kappa shape index (κ2) is 7.45. The molecule has 2 aromatic carbocycles. The van der Waals surface area contributed by atoms with Crippen LogP contribution in [-0.2, 0) is 0 Å². The highest BCUT2D eigenvalue weighted by atomic mass is 19.1. The first kappa shape index (κ1) is 15.8. The van der Waals surface area contributed by atoms with Gasteiger partial charge in [0, 0.05) is 5.69 Å². The first-order chi connectivity index (χ1) is 10.5. The fraction of sp³-hybridized carbons (Fsp3) is 0.235. The summed E-state index contributed by atoms with van der Waals surface area (Å²) >= 11 is 0. The van der Waals surface area contributed by atoms with Crippen molar-refractivity contribution in [1.82, 2.24) is 0 Å². The van der Waals surface area contributed by atoms with Gasteiger partial charge in [-0.05, 0) is 50.2 Å².